The Morgan fingerprint density at radius 3 is 1.12 bits per heavy atom. The maximum absolute atomic E-state index is 14.3. The summed E-state index contributed by atoms with van der Waals surface area (Å²) in [6, 6.07) is 26.6. The number of imide groups is 2. The molecule has 2 aliphatic heterocycles. The molecule has 15 heteroatoms. The van der Waals surface area contributed by atoms with Crippen LogP contribution in [0, 0.1) is 0 Å². The monoisotopic (exact) mass is 1030 g/mol. The molecule has 0 aliphatic carbocycles. The van der Waals surface area contributed by atoms with Gasteiger partial charge in [-0.05, 0) is 170 Å². The van der Waals surface area contributed by atoms with E-state index < -0.39 is 47.7 Å². The summed E-state index contributed by atoms with van der Waals surface area (Å²) in [7, 11) is 0. The molecule has 14 nitrogen and oxygen atoms in total. The van der Waals surface area contributed by atoms with E-state index in [2.05, 4.69) is 29.8 Å². The van der Waals surface area contributed by atoms with Gasteiger partial charge in [-0.15, -0.1) is 0 Å². The summed E-state index contributed by atoms with van der Waals surface area (Å²) in [6.45, 7) is 6.66. The van der Waals surface area contributed by atoms with Gasteiger partial charge in [-0.3, -0.25) is 29.0 Å². The van der Waals surface area contributed by atoms with Gasteiger partial charge in [-0.1, -0.05) is 63.3 Å². The second-order valence-electron chi connectivity index (χ2n) is 19.3. The molecule has 0 N–H and O–H groups in total. The van der Waals surface area contributed by atoms with Crippen LogP contribution in [0.25, 0.3) is 43.1 Å². The summed E-state index contributed by atoms with van der Waals surface area (Å²) in [6.07, 6.45) is 11.2. The van der Waals surface area contributed by atoms with Gasteiger partial charge in [-0.25, -0.2) is 9.59 Å². The van der Waals surface area contributed by atoms with Gasteiger partial charge in [0.2, 0.25) is 0 Å². The molecular weight excluding hydrogens is 969 g/mol. The lowest BCUT2D eigenvalue weighted by molar-refractivity contribution is -0.148. The Bertz CT molecular complexity index is 3180. The van der Waals surface area contributed by atoms with Crippen molar-refractivity contribution in [1.29, 1.82) is 0 Å². The van der Waals surface area contributed by atoms with E-state index in [1.165, 1.54) is 20.3 Å². The number of thiol groups is 1. The second-order valence-corrected chi connectivity index (χ2v) is 19.7. The number of amides is 4. The summed E-state index contributed by atoms with van der Waals surface area (Å²) in [4.78, 5) is 85.2. The fraction of sp³-hybridized carbons (Fsp3) is 0.367. The number of nitrogens with zero attached hydrogens (tertiary/aromatic N) is 4. The number of hydrogen-bond acceptors (Lipinski definition) is 13. The number of unbranched alkanes of at least 4 members (excludes halogenated alkanes) is 9. The summed E-state index contributed by atoms with van der Waals surface area (Å²) in [5.41, 5.74) is 2.57. The van der Waals surface area contributed by atoms with Crippen molar-refractivity contribution < 1.29 is 47.7 Å². The number of ether oxygens (including phenoxy) is 4. The minimum absolute atomic E-state index is 0.138. The molecule has 0 radical (unpaired) electrons. The zero-order valence-corrected chi connectivity index (χ0v) is 43.6. The van der Waals surface area contributed by atoms with Crippen LogP contribution in [0.5, 0.6) is 11.5 Å². The number of fused-ring (bicyclic) bond motifs is 2. The van der Waals surface area contributed by atoms with Crippen molar-refractivity contribution in [3.8, 4) is 11.5 Å². The smallest absolute Gasteiger partial charge is 0.329 e. The highest BCUT2D eigenvalue weighted by Crippen LogP contribution is 2.46. The van der Waals surface area contributed by atoms with Crippen molar-refractivity contribution in [2.45, 2.75) is 110 Å². The van der Waals surface area contributed by atoms with Gasteiger partial charge >= 0.3 is 11.9 Å². The van der Waals surface area contributed by atoms with Gasteiger partial charge in [0, 0.05) is 33.0 Å². The Morgan fingerprint density at radius 1 is 0.440 bits per heavy atom. The number of carbonyl (C=O) groups excluding carboxylic acids is 6. The van der Waals surface area contributed by atoms with Crippen molar-refractivity contribution >= 4 is 103 Å². The molecular formula is C60H62N4O10S. The molecule has 4 amide bonds. The molecule has 2 heterocycles. The molecule has 75 heavy (non-hydrogen) atoms. The van der Waals surface area contributed by atoms with Crippen molar-refractivity contribution in [1.82, 2.24) is 9.80 Å². The van der Waals surface area contributed by atoms with Gasteiger partial charge in [-0.2, -0.15) is 22.9 Å². The molecule has 0 aromatic heterocycles. The van der Waals surface area contributed by atoms with E-state index in [9.17, 15) is 28.8 Å². The molecule has 2 unspecified atom stereocenters. The van der Waals surface area contributed by atoms with E-state index in [4.69, 9.17) is 18.9 Å². The van der Waals surface area contributed by atoms with Crippen molar-refractivity contribution in [2.75, 3.05) is 32.2 Å². The van der Waals surface area contributed by atoms with E-state index in [1.807, 2.05) is 72.8 Å². The second kappa shape index (κ2) is 23.9. The standard InChI is InChI=1S/C60H62N4O10S/c1-4-5-6-11-34-73-59(69)37(2)63-55(65)47-28-24-43-45-26-30-49-54-50(31-27-46(52(45)54)44-25-29-48(56(63)66)53(47)51(43)44)58(68)64(57(49)67)38(3)60(70)74-35-14-8-7-12-32-71-41-20-16-39(17-21-41)61-62-40-18-22-42(23-19-40)72-33-13-9-10-15-36-75/h16-31,37-38,75H,4-15,32-36H2,1-3H3. The predicted octanol–water partition coefficient (Wildman–Crippen LogP) is 13.3. The molecule has 0 bridgehead atoms. The fourth-order valence-corrected chi connectivity index (χ4v) is 10.4. The van der Waals surface area contributed by atoms with E-state index in [0.717, 1.165) is 112 Å². The lowest BCUT2D eigenvalue weighted by Gasteiger charge is -2.32. The first-order chi connectivity index (χ1) is 36.5. The van der Waals surface area contributed by atoms with E-state index >= 15 is 0 Å². The van der Waals surface area contributed by atoms with E-state index in [-0.39, 0.29) is 24.3 Å². The SMILES string of the molecule is CCCCCCOC(=O)C(C)N1C(=O)c2ccc3c4ccc5c6c(ccc(c7ccc(c2c37)C1=O)c64)C(=O)N(C(C)C(=O)OCCCCCCOc1ccc(N=Nc2ccc(OCCCCCCS)cc2)cc1)C5=O. The van der Waals surface area contributed by atoms with Gasteiger partial charge < -0.3 is 18.9 Å². The maximum Gasteiger partial charge on any atom is 0.329 e. The molecule has 0 fully saturated rings. The largest absolute Gasteiger partial charge is 0.494 e. The van der Waals surface area contributed by atoms with Crippen molar-refractivity contribution in [3.63, 3.8) is 0 Å². The third-order valence-electron chi connectivity index (χ3n) is 14.2. The highest BCUT2D eigenvalue weighted by Gasteiger charge is 2.42. The Balaban J connectivity index is 0.768. The lowest BCUT2D eigenvalue weighted by atomic mass is 9.82. The van der Waals surface area contributed by atoms with E-state index in [1.54, 1.807) is 24.3 Å². The first kappa shape index (κ1) is 52.5. The Hall–Kier alpha value is -7.39. The first-order valence-corrected chi connectivity index (χ1v) is 26.9. The molecule has 0 saturated heterocycles. The summed E-state index contributed by atoms with van der Waals surface area (Å²) in [5, 5.41) is 14.0. The molecule has 0 spiro atoms. The summed E-state index contributed by atoms with van der Waals surface area (Å²) >= 11 is 4.25. The van der Waals surface area contributed by atoms with Gasteiger partial charge in [0.05, 0.1) is 37.8 Å². The van der Waals surface area contributed by atoms with Crippen molar-refractivity contribution in [3.05, 3.63) is 119 Å². The normalized spacial score (nSPS) is 14.2. The van der Waals surface area contributed by atoms with Crippen LogP contribution in [-0.4, -0.2) is 89.6 Å². The molecule has 388 valence electrons. The van der Waals surface area contributed by atoms with Crippen LogP contribution >= 0.6 is 12.6 Å². The Morgan fingerprint density at radius 2 is 0.773 bits per heavy atom. The van der Waals surface area contributed by atoms with Crippen LogP contribution in [-0.2, 0) is 19.1 Å². The zero-order valence-electron chi connectivity index (χ0n) is 42.7. The maximum atomic E-state index is 14.3. The van der Waals surface area contributed by atoms with Gasteiger partial charge in [0.1, 0.15) is 23.6 Å². The number of esters is 2. The van der Waals surface area contributed by atoms with Crippen LogP contribution in [0.1, 0.15) is 139 Å². The van der Waals surface area contributed by atoms with Crippen LogP contribution in [0.15, 0.2) is 107 Å². The average Bonchev–Trinajstić information content (AvgIpc) is 3.42. The Kier molecular flexibility index (Phi) is 16.7. The highest BCUT2D eigenvalue weighted by atomic mass is 32.1. The average molecular weight is 1030 g/mol. The van der Waals surface area contributed by atoms with E-state index in [0.29, 0.717) is 64.4 Å². The highest BCUT2D eigenvalue weighted by molar-refractivity contribution is 7.80. The third kappa shape index (κ3) is 10.9. The fourth-order valence-electron chi connectivity index (χ4n) is 10.2. The van der Waals surface area contributed by atoms with Gasteiger partial charge in [0.15, 0.2) is 0 Å². The summed E-state index contributed by atoms with van der Waals surface area (Å²) < 4.78 is 22.8. The van der Waals surface area contributed by atoms with Crippen LogP contribution in [0.3, 0.4) is 0 Å². The molecule has 0 saturated carbocycles. The quantitative estimate of drug-likeness (QED) is 0.0105. The number of azo groups is 1. The predicted molar refractivity (Wildman–Crippen MR) is 292 cm³/mol. The molecule has 7 aromatic rings. The molecule has 7 aromatic carbocycles. The topological polar surface area (TPSA) is 171 Å². The minimum Gasteiger partial charge on any atom is -0.494 e. The summed E-state index contributed by atoms with van der Waals surface area (Å²) in [5.74, 6) is -1.22. The number of carbonyl (C=O) groups is 6. The van der Waals surface area contributed by atoms with Crippen LogP contribution in [0.2, 0.25) is 0 Å². The molecule has 9 rings (SSSR count). The third-order valence-corrected chi connectivity index (χ3v) is 14.5. The van der Waals surface area contributed by atoms with Crippen molar-refractivity contribution in [2.24, 2.45) is 10.2 Å². The Labute approximate surface area is 441 Å². The minimum atomic E-state index is -1.18. The molecule has 2 aliphatic rings. The zero-order chi connectivity index (χ0) is 52.6. The first-order valence-electron chi connectivity index (χ1n) is 26.3. The number of benzene rings is 7. The number of rotatable bonds is 26. The molecule has 2 atom stereocenters. The number of hydrogen-bond donors (Lipinski definition) is 1. The lowest BCUT2D eigenvalue weighted by Crippen LogP contribution is -2.49. The van der Waals surface area contributed by atoms with Gasteiger partial charge in [0.25, 0.3) is 23.6 Å². The van der Waals surface area contributed by atoms with Crippen LogP contribution < -0.4 is 9.47 Å². The van der Waals surface area contributed by atoms with Crippen LogP contribution in [0.4, 0.5) is 11.4 Å².